The molecule has 6 nitrogen and oxygen atoms in total. The minimum absolute atomic E-state index is 0.0214. The molecule has 2 N–H and O–H groups in total. The summed E-state index contributed by atoms with van der Waals surface area (Å²) in [6.45, 7) is 2.57. The molecule has 20 heavy (non-hydrogen) atoms. The number of aromatic carboxylic acids is 1. The van der Waals surface area contributed by atoms with Gasteiger partial charge in [-0.05, 0) is 32.0 Å². The minimum Gasteiger partial charge on any atom is -0.478 e. The Balaban J connectivity index is 3.12. The molecular formula is C12H14BrNO5S. The highest BCUT2D eigenvalue weighted by atomic mass is 79.9. The maximum Gasteiger partial charge on any atom is 0.335 e. The van der Waals surface area contributed by atoms with Crippen LogP contribution < -0.4 is 5.32 Å². The molecule has 0 radical (unpaired) electrons. The van der Waals surface area contributed by atoms with E-state index in [1.807, 2.05) is 0 Å². The molecule has 1 aromatic carbocycles. The van der Waals surface area contributed by atoms with E-state index in [-0.39, 0.29) is 11.3 Å². The Morgan fingerprint density at radius 2 is 1.80 bits per heavy atom. The lowest BCUT2D eigenvalue weighted by atomic mass is 10.1. The van der Waals surface area contributed by atoms with E-state index in [2.05, 4.69) is 21.2 Å². The van der Waals surface area contributed by atoms with Crippen LogP contribution in [0.2, 0.25) is 0 Å². The lowest BCUT2D eigenvalue weighted by Gasteiger charge is -2.21. The van der Waals surface area contributed by atoms with Gasteiger partial charge in [0.1, 0.15) is 4.75 Å². The van der Waals surface area contributed by atoms with Gasteiger partial charge in [0.05, 0.1) is 5.56 Å². The second-order valence-corrected chi connectivity index (χ2v) is 8.25. The first-order chi connectivity index (χ1) is 8.95. The van der Waals surface area contributed by atoms with Crippen molar-refractivity contribution >= 4 is 43.3 Å². The van der Waals surface area contributed by atoms with Crippen molar-refractivity contribution in [2.45, 2.75) is 18.6 Å². The molecule has 0 saturated heterocycles. The lowest BCUT2D eigenvalue weighted by molar-refractivity contribution is -0.117. The van der Waals surface area contributed by atoms with Gasteiger partial charge in [-0.25, -0.2) is 13.2 Å². The first-order valence-electron chi connectivity index (χ1n) is 5.50. The third-order valence-electron chi connectivity index (χ3n) is 2.88. The first-order valence-corrected chi connectivity index (χ1v) is 8.18. The molecule has 8 heteroatoms. The van der Waals surface area contributed by atoms with Gasteiger partial charge in [0.15, 0.2) is 9.84 Å². The van der Waals surface area contributed by atoms with Gasteiger partial charge in [0.25, 0.3) is 0 Å². The molecule has 1 amide bonds. The van der Waals surface area contributed by atoms with Gasteiger partial charge in [0, 0.05) is 16.4 Å². The summed E-state index contributed by atoms with van der Waals surface area (Å²) in [5, 5.41) is 11.3. The molecule has 0 spiro atoms. The van der Waals surface area contributed by atoms with E-state index >= 15 is 0 Å². The standard InChI is InChI=1S/C12H14BrNO5S/c1-12(2,20(3,18)19)11(17)14-9-5-7(10(15)16)4-8(13)6-9/h4-6H,1-3H3,(H,14,17)(H,15,16). The highest BCUT2D eigenvalue weighted by molar-refractivity contribution is 9.10. The van der Waals surface area contributed by atoms with Crippen LogP contribution in [0.3, 0.4) is 0 Å². The molecule has 0 aliphatic rings. The monoisotopic (exact) mass is 363 g/mol. The quantitative estimate of drug-likeness (QED) is 0.850. The van der Waals surface area contributed by atoms with Crippen LogP contribution in [0.5, 0.6) is 0 Å². The number of hydrogen-bond donors (Lipinski definition) is 2. The molecule has 0 aliphatic carbocycles. The number of benzene rings is 1. The predicted molar refractivity (Wildman–Crippen MR) is 78.7 cm³/mol. The fourth-order valence-electron chi connectivity index (χ4n) is 1.24. The number of carbonyl (C=O) groups is 2. The summed E-state index contributed by atoms with van der Waals surface area (Å²) in [5.41, 5.74) is 0.185. The minimum atomic E-state index is -3.60. The normalized spacial score (nSPS) is 12.0. The number of carbonyl (C=O) groups excluding carboxylic acids is 1. The topological polar surface area (TPSA) is 101 Å². The Bertz CT molecular complexity index is 666. The number of sulfone groups is 1. The van der Waals surface area contributed by atoms with Crippen LogP contribution in [0.1, 0.15) is 24.2 Å². The molecule has 0 fully saturated rings. The molecule has 0 aliphatic heterocycles. The van der Waals surface area contributed by atoms with Gasteiger partial charge in [-0.2, -0.15) is 0 Å². The van der Waals surface area contributed by atoms with Crippen molar-refractivity contribution in [3.8, 4) is 0 Å². The summed E-state index contributed by atoms with van der Waals surface area (Å²) in [5.74, 6) is -1.88. The van der Waals surface area contributed by atoms with E-state index < -0.39 is 26.5 Å². The average Bonchev–Trinajstić information content (AvgIpc) is 2.26. The Morgan fingerprint density at radius 3 is 2.25 bits per heavy atom. The van der Waals surface area contributed by atoms with Crippen molar-refractivity contribution < 1.29 is 23.1 Å². The molecule has 0 saturated carbocycles. The Labute approximate surface area is 125 Å². The third kappa shape index (κ3) is 3.57. The predicted octanol–water partition coefficient (Wildman–Crippen LogP) is 1.91. The highest BCUT2D eigenvalue weighted by Crippen LogP contribution is 2.23. The van der Waals surface area contributed by atoms with Crippen molar-refractivity contribution in [1.29, 1.82) is 0 Å². The Kier molecular flexibility index (Phi) is 4.60. The van der Waals surface area contributed by atoms with Crippen LogP contribution in [0.25, 0.3) is 0 Å². The Morgan fingerprint density at radius 1 is 1.25 bits per heavy atom. The maximum absolute atomic E-state index is 12.0. The molecule has 1 aromatic rings. The number of nitrogens with one attached hydrogen (secondary N) is 1. The van der Waals surface area contributed by atoms with Crippen molar-refractivity contribution in [3.05, 3.63) is 28.2 Å². The smallest absolute Gasteiger partial charge is 0.335 e. The number of carboxylic acids is 1. The second kappa shape index (κ2) is 5.53. The summed E-state index contributed by atoms with van der Waals surface area (Å²) < 4.78 is 22.0. The van der Waals surface area contributed by atoms with E-state index in [1.165, 1.54) is 32.0 Å². The fourth-order valence-corrected chi connectivity index (χ4v) is 2.12. The van der Waals surface area contributed by atoms with Crippen molar-refractivity contribution in [3.63, 3.8) is 0 Å². The molecule has 110 valence electrons. The van der Waals surface area contributed by atoms with Gasteiger partial charge >= 0.3 is 5.97 Å². The fraction of sp³-hybridized carbons (Fsp3) is 0.333. The van der Waals surface area contributed by atoms with Crippen LogP contribution >= 0.6 is 15.9 Å². The molecule has 0 heterocycles. The molecule has 0 unspecified atom stereocenters. The molecular weight excluding hydrogens is 350 g/mol. The van der Waals surface area contributed by atoms with Gasteiger partial charge in [-0.1, -0.05) is 15.9 Å². The molecule has 0 aromatic heterocycles. The summed E-state index contributed by atoms with van der Waals surface area (Å²) in [6.07, 6.45) is 0.968. The summed E-state index contributed by atoms with van der Waals surface area (Å²) in [4.78, 5) is 22.9. The van der Waals surface area contributed by atoms with E-state index in [0.717, 1.165) is 6.26 Å². The van der Waals surface area contributed by atoms with Gasteiger partial charge in [-0.15, -0.1) is 0 Å². The second-order valence-electron chi connectivity index (χ2n) is 4.77. The zero-order valence-electron chi connectivity index (χ0n) is 11.1. The zero-order chi connectivity index (χ0) is 15.7. The third-order valence-corrected chi connectivity index (χ3v) is 5.37. The van der Waals surface area contributed by atoms with Crippen LogP contribution in [0.15, 0.2) is 22.7 Å². The van der Waals surface area contributed by atoms with Crippen LogP contribution in [-0.4, -0.2) is 36.4 Å². The molecule has 1 rings (SSSR count). The lowest BCUT2D eigenvalue weighted by Crippen LogP contribution is -2.43. The zero-order valence-corrected chi connectivity index (χ0v) is 13.5. The van der Waals surface area contributed by atoms with Gasteiger partial charge < -0.3 is 10.4 Å². The van der Waals surface area contributed by atoms with E-state index in [4.69, 9.17) is 5.11 Å². The van der Waals surface area contributed by atoms with Crippen molar-refractivity contribution in [2.24, 2.45) is 0 Å². The van der Waals surface area contributed by atoms with E-state index in [1.54, 1.807) is 0 Å². The molecule has 0 atom stereocenters. The van der Waals surface area contributed by atoms with Crippen molar-refractivity contribution in [1.82, 2.24) is 0 Å². The van der Waals surface area contributed by atoms with Crippen LogP contribution in [0, 0.1) is 0 Å². The first kappa shape index (κ1) is 16.6. The number of carboxylic acid groups (broad SMARTS) is 1. The van der Waals surface area contributed by atoms with Crippen molar-refractivity contribution in [2.75, 3.05) is 11.6 Å². The summed E-state index contributed by atoms with van der Waals surface area (Å²) in [7, 11) is -3.60. The summed E-state index contributed by atoms with van der Waals surface area (Å²) in [6, 6.07) is 4.12. The molecule has 0 bridgehead atoms. The highest BCUT2D eigenvalue weighted by Gasteiger charge is 2.38. The Hall–Kier alpha value is -1.41. The SMILES string of the molecule is CC(C)(C(=O)Nc1cc(Br)cc(C(=O)O)c1)S(C)(=O)=O. The largest absolute Gasteiger partial charge is 0.478 e. The average molecular weight is 364 g/mol. The van der Waals surface area contributed by atoms with Gasteiger partial charge in [0.2, 0.25) is 5.91 Å². The number of halogens is 1. The van der Waals surface area contributed by atoms with E-state index in [0.29, 0.717) is 4.47 Å². The number of rotatable bonds is 4. The van der Waals surface area contributed by atoms with E-state index in [9.17, 15) is 18.0 Å². The number of amides is 1. The number of anilines is 1. The van der Waals surface area contributed by atoms with Gasteiger partial charge in [-0.3, -0.25) is 4.79 Å². The maximum atomic E-state index is 12.0. The number of hydrogen-bond acceptors (Lipinski definition) is 4. The van der Waals surface area contributed by atoms with Crippen LogP contribution in [-0.2, 0) is 14.6 Å². The van der Waals surface area contributed by atoms with Crippen LogP contribution in [0.4, 0.5) is 5.69 Å². The summed E-state index contributed by atoms with van der Waals surface area (Å²) >= 11 is 3.13.